The van der Waals surface area contributed by atoms with Crippen molar-refractivity contribution in [1.29, 1.82) is 0 Å². The smallest absolute Gasteiger partial charge is 0.305 e. The molecular formula is C75H145NO5. The predicted molar refractivity (Wildman–Crippen MR) is 356 cm³/mol. The Hall–Kier alpha value is -1.66. The maximum atomic E-state index is 12.5. The lowest BCUT2D eigenvalue weighted by molar-refractivity contribution is -0.143. The fraction of sp³-hybridized carbons (Fsp3) is 0.920. The molecule has 0 saturated carbocycles. The molecule has 6 nitrogen and oxygen atoms in total. The summed E-state index contributed by atoms with van der Waals surface area (Å²) in [5, 5.41) is 23.3. The van der Waals surface area contributed by atoms with Gasteiger partial charge in [0.1, 0.15) is 0 Å². The molecule has 0 aromatic heterocycles. The van der Waals surface area contributed by atoms with Gasteiger partial charge in [0.25, 0.3) is 0 Å². The third-order valence-corrected chi connectivity index (χ3v) is 17.5. The van der Waals surface area contributed by atoms with Crippen LogP contribution in [0, 0.1) is 0 Å². The Morgan fingerprint density at radius 1 is 0.346 bits per heavy atom. The summed E-state index contributed by atoms with van der Waals surface area (Å²) < 4.78 is 5.49. The summed E-state index contributed by atoms with van der Waals surface area (Å²) in [6.45, 7) is 4.98. The lowest BCUT2D eigenvalue weighted by Crippen LogP contribution is -2.45. The molecule has 3 N–H and O–H groups in total. The first-order chi connectivity index (χ1) is 40.0. The minimum atomic E-state index is -0.660. The van der Waals surface area contributed by atoms with Gasteiger partial charge < -0.3 is 20.3 Å². The number of unbranched alkanes of at least 4 members (excludes halogenated alkanes) is 55. The van der Waals surface area contributed by atoms with Crippen LogP contribution in [0.4, 0.5) is 0 Å². The summed E-state index contributed by atoms with van der Waals surface area (Å²) in [4.78, 5) is 24.5. The molecular weight excluding hydrogens is 995 g/mol. The standard InChI is InChI=1S/C75H145NO5/c1-3-5-7-9-11-13-15-44-49-53-57-61-65-69-75(80)81-70-66-62-58-54-50-46-43-41-39-37-35-33-31-29-27-25-23-21-19-17-18-20-22-24-26-28-30-32-34-36-38-40-42-45-48-52-56-60-64-68-74(79)76-72(71-77)73(78)67-63-59-55-51-47-16-14-12-10-8-6-4-2/h17-18,21,23,72-73,77-78H,3-16,19-20,22,24-71H2,1-2H3,(H,76,79)/b18-17-,23-21-. The predicted octanol–water partition coefficient (Wildman–Crippen LogP) is 24.1. The minimum Gasteiger partial charge on any atom is -0.466 e. The number of allylic oxidation sites excluding steroid dienone is 4. The fourth-order valence-corrected chi connectivity index (χ4v) is 11.9. The van der Waals surface area contributed by atoms with Crippen molar-refractivity contribution in [3.05, 3.63) is 24.3 Å². The second-order valence-electron chi connectivity index (χ2n) is 25.6. The molecule has 0 rings (SSSR count). The van der Waals surface area contributed by atoms with Crippen LogP contribution in [0.25, 0.3) is 0 Å². The average molecular weight is 1140 g/mol. The zero-order valence-electron chi connectivity index (χ0n) is 55.0. The SMILES string of the molecule is CCCCCCCCCCCCCCCC(=O)OCCCCCCCCCCCCCCCCC/C=C\C/C=C\CCCCCCCCCCCCCCCCCCCC(=O)NC(CO)C(O)CCCCCCCCCCCCCC. The van der Waals surface area contributed by atoms with Gasteiger partial charge in [-0.05, 0) is 57.8 Å². The summed E-state index contributed by atoms with van der Waals surface area (Å²) in [7, 11) is 0. The van der Waals surface area contributed by atoms with Gasteiger partial charge in [0, 0.05) is 12.8 Å². The second kappa shape index (κ2) is 70.8. The Morgan fingerprint density at radius 3 is 0.938 bits per heavy atom. The molecule has 0 aliphatic heterocycles. The fourth-order valence-electron chi connectivity index (χ4n) is 11.9. The lowest BCUT2D eigenvalue weighted by Gasteiger charge is -2.22. The third kappa shape index (κ3) is 67.3. The van der Waals surface area contributed by atoms with E-state index in [9.17, 15) is 19.8 Å². The average Bonchev–Trinajstić information content (AvgIpc) is 3.47. The molecule has 0 bridgehead atoms. The third-order valence-electron chi connectivity index (χ3n) is 17.5. The number of hydrogen-bond donors (Lipinski definition) is 3. The van der Waals surface area contributed by atoms with Crippen LogP contribution in [0.2, 0.25) is 0 Å². The molecule has 0 fully saturated rings. The van der Waals surface area contributed by atoms with E-state index >= 15 is 0 Å². The van der Waals surface area contributed by atoms with Crippen molar-refractivity contribution in [2.45, 2.75) is 431 Å². The minimum absolute atomic E-state index is 0.0225. The van der Waals surface area contributed by atoms with Gasteiger partial charge in [0.2, 0.25) is 5.91 Å². The molecule has 0 aromatic carbocycles. The molecule has 0 aromatic rings. The Morgan fingerprint density at radius 2 is 0.617 bits per heavy atom. The highest BCUT2D eigenvalue weighted by Crippen LogP contribution is 2.19. The van der Waals surface area contributed by atoms with Gasteiger partial charge in [-0.25, -0.2) is 0 Å². The summed E-state index contributed by atoms with van der Waals surface area (Å²) in [5.74, 6) is -0.00766. The summed E-state index contributed by atoms with van der Waals surface area (Å²) >= 11 is 0. The first kappa shape index (κ1) is 79.3. The molecule has 480 valence electrons. The van der Waals surface area contributed by atoms with Crippen LogP contribution in [-0.4, -0.2) is 47.4 Å². The van der Waals surface area contributed by atoms with E-state index in [1.807, 2.05) is 0 Å². The van der Waals surface area contributed by atoms with E-state index in [0.717, 1.165) is 44.9 Å². The van der Waals surface area contributed by atoms with E-state index in [2.05, 4.69) is 43.5 Å². The topological polar surface area (TPSA) is 95.9 Å². The Bertz CT molecular complexity index is 1270. The number of aliphatic hydroxyl groups is 2. The Labute approximate surface area is 507 Å². The molecule has 81 heavy (non-hydrogen) atoms. The number of rotatable bonds is 70. The molecule has 0 aliphatic rings. The number of carbonyl (C=O) groups is 2. The van der Waals surface area contributed by atoms with Crippen LogP contribution >= 0.6 is 0 Å². The molecule has 1 amide bonds. The molecule has 0 heterocycles. The molecule has 0 radical (unpaired) electrons. The first-order valence-electron chi connectivity index (χ1n) is 37.1. The number of hydrogen-bond acceptors (Lipinski definition) is 5. The molecule has 0 aliphatic carbocycles. The Kier molecular flexibility index (Phi) is 69.4. The summed E-state index contributed by atoms with van der Waals surface area (Å²) in [6.07, 6.45) is 89.8. The van der Waals surface area contributed by atoms with E-state index in [4.69, 9.17) is 4.74 Å². The van der Waals surface area contributed by atoms with Crippen LogP contribution in [0.1, 0.15) is 418 Å². The quantitative estimate of drug-likeness (QED) is 0.0320. The van der Waals surface area contributed by atoms with Crippen molar-refractivity contribution < 1.29 is 24.5 Å². The maximum Gasteiger partial charge on any atom is 0.305 e. The highest BCUT2D eigenvalue weighted by atomic mass is 16.5. The molecule has 6 heteroatoms. The Balaban J connectivity index is 3.33. The van der Waals surface area contributed by atoms with Gasteiger partial charge in [-0.3, -0.25) is 9.59 Å². The summed E-state index contributed by atoms with van der Waals surface area (Å²) in [5.41, 5.74) is 0. The first-order valence-corrected chi connectivity index (χ1v) is 37.1. The van der Waals surface area contributed by atoms with Crippen molar-refractivity contribution in [2.75, 3.05) is 13.2 Å². The van der Waals surface area contributed by atoms with E-state index in [-0.39, 0.29) is 18.5 Å². The van der Waals surface area contributed by atoms with Gasteiger partial charge >= 0.3 is 5.97 Å². The number of aliphatic hydroxyl groups excluding tert-OH is 2. The highest BCUT2D eigenvalue weighted by Gasteiger charge is 2.20. The number of esters is 1. The monoisotopic (exact) mass is 1140 g/mol. The van der Waals surface area contributed by atoms with Gasteiger partial charge in [-0.15, -0.1) is 0 Å². The van der Waals surface area contributed by atoms with Crippen LogP contribution in [-0.2, 0) is 14.3 Å². The van der Waals surface area contributed by atoms with Crippen molar-refractivity contribution >= 4 is 11.9 Å². The van der Waals surface area contributed by atoms with Crippen molar-refractivity contribution in [3.63, 3.8) is 0 Å². The van der Waals surface area contributed by atoms with Crippen molar-refractivity contribution in [3.8, 4) is 0 Å². The van der Waals surface area contributed by atoms with Crippen molar-refractivity contribution in [2.24, 2.45) is 0 Å². The summed E-state index contributed by atoms with van der Waals surface area (Å²) in [6, 6.07) is -0.538. The van der Waals surface area contributed by atoms with Gasteiger partial charge in [0.05, 0.1) is 25.4 Å². The number of carbonyl (C=O) groups excluding carboxylic acids is 2. The number of ether oxygens (including phenoxy) is 1. The largest absolute Gasteiger partial charge is 0.466 e. The van der Waals surface area contributed by atoms with Gasteiger partial charge in [-0.2, -0.15) is 0 Å². The van der Waals surface area contributed by atoms with E-state index in [1.54, 1.807) is 0 Å². The zero-order valence-corrected chi connectivity index (χ0v) is 55.0. The van der Waals surface area contributed by atoms with Crippen molar-refractivity contribution in [1.82, 2.24) is 5.32 Å². The van der Waals surface area contributed by atoms with E-state index in [0.29, 0.717) is 25.9 Å². The molecule has 2 unspecified atom stereocenters. The van der Waals surface area contributed by atoms with Crippen LogP contribution in [0.3, 0.4) is 0 Å². The normalized spacial score (nSPS) is 12.6. The number of nitrogens with one attached hydrogen (secondary N) is 1. The van der Waals surface area contributed by atoms with Gasteiger partial charge in [-0.1, -0.05) is 372 Å². The highest BCUT2D eigenvalue weighted by molar-refractivity contribution is 5.76. The maximum absolute atomic E-state index is 12.5. The lowest BCUT2D eigenvalue weighted by atomic mass is 10.0. The second-order valence-corrected chi connectivity index (χ2v) is 25.6. The van der Waals surface area contributed by atoms with Crippen LogP contribution in [0.5, 0.6) is 0 Å². The zero-order chi connectivity index (χ0) is 58.5. The molecule has 0 spiro atoms. The van der Waals surface area contributed by atoms with E-state index < -0.39 is 12.1 Å². The van der Waals surface area contributed by atoms with Gasteiger partial charge in [0.15, 0.2) is 0 Å². The molecule has 0 saturated heterocycles. The number of amides is 1. The van der Waals surface area contributed by atoms with E-state index in [1.165, 1.54) is 340 Å². The van der Waals surface area contributed by atoms with Crippen LogP contribution < -0.4 is 5.32 Å². The molecule has 2 atom stereocenters. The van der Waals surface area contributed by atoms with Crippen LogP contribution in [0.15, 0.2) is 24.3 Å².